The summed E-state index contributed by atoms with van der Waals surface area (Å²) in [4.78, 5) is 15.4. The van der Waals surface area contributed by atoms with Crippen molar-refractivity contribution in [2.75, 3.05) is 11.5 Å². The molecule has 0 amide bonds. The van der Waals surface area contributed by atoms with Crippen molar-refractivity contribution in [1.82, 2.24) is 4.98 Å². The second-order valence-electron chi connectivity index (χ2n) is 5.64. The van der Waals surface area contributed by atoms with E-state index in [1.807, 2.05) is 24.3 Å². The van der Waals surface area contributed by atoms with Crippen molar-refractivity contribution in [3.8, 4) is 0 Å². The second-order valence-corrected chi connectivity index (χ2v) is 6.99. The average molecular weight is 401 g/mol. The van der Waals surface area contributed by atoms with Crippen molar-refractivity contribution < 1.29 is 9.53 Å². The molecule has 0 aliphatic rings. The summed E-state index contributed by atoms with van der Waals surface area (Å²) < 4.78 is 6.16. The van der Waals surface area contributed by atoms with Crippen molar-refractivity contribution in [2.45, 2.75) is 26.4 Å². The van der Waals surface area contributed by atoms with Crippen LogP contribution in [-0.4, -0.2) is 16.6 Å². The fraction of sp³-hybridized carbons (Fsp3) is 0.250. The average Bonchev–Trinajstić information content (AvgIpc) is 2.36. The van der Waals surface area contributed by atoms with Gasteiger partial charge in [-0.1, -0.05) is 33.6 Å². The summed E-state index contributed by atoms with van der Waals surface area (Å²) in [6, 6.07) is 8.95. The highest BCUT2D eigenvalue weighted by molar-refractivity contribution is 9.10. The Kier molecular flexibility index (Phi) is 6.84. The molecular weight excluding hydrogens is 382 g/mol. The van der Waals surface area contributed by atoms with Crippen LogP contribution in [-0.2, 0) is 4.74 Å². The predicted molar refractivity (Wildman–Crippen MR) is 97.4 cm³/mol. The summed E-state index contributed by atoms with van der Waals surface area (Å²) in [7, 11) is 0. The standard InChI is InChI=1S/C10H15N3O2.C6H4BrCl/c1-10(2,3)15-9(14)6-5-13-8(12)4-7(6)11;7-5-2-1-3-6(8)4-5/h4-5H,1-3H3,(H4,11,12,13);1-4H. The Bertz CT molecular complexity index is 670. The van der Waals surface area contributed by atoms with E-state index in [-0.39, 0.29) is 17.1 Å². The number of nitrogens with zero attached hydrogens (tertiary/aromatic N) is 1. The van der Waals surface area contributed by atoms with E-state index in [0.717, 1.165) is 9.50 Å². The number of hydrogen-bond acceptors (Lipinski definition) is 5. The molecule has 0 bridgehead atoms. The van der Waals surface area contributed by atoms with Crippen molar-refractivity contribution >= 4 is 45.0 Å². The number of carbonyl (C=O) groups excluding carboxylic acids is 1. The van der Waals surface area contributed by atoms with Gasteiger partial charge in [0.15, 0.2) is 0 Å². The topological polar surface area (TPSA) is 91.2 Å². The zero-order valence-corrected chi connectivity index (χ0v) is 15.5. The number of halogens is 2. The van der Waals surface area contributed by atoms with Gasteiger partial charge >= 0.3 is 5.97 Å². The number of nitrogens with two attached hydrogens (primary N) is 2. The Hall–Kier alpha value is -1.79. The van der Waals surface area contributed by atoms with Gasteiger partial charge in [-0.25, -0.2) is 9.78 Å². The molecule has 1 aromatic heterocycles. The number of hydrogen-bond donors (Lipinski definition) is 2. The van der Waals surface area contributed by atoms with Crippen LogP contribution >= 0.6 is 27.5 Å². The third kappa shape index (κ3) is 7.34. The van der Waals surface area contributed by atoms with E-state index < -0.39 is 11.6 Å². The van der Waals surface area contributed by atoms with Gasteiger partial charge in [-0.2, -0.15) is 0 Å². The fourth-order valence-corrected chi connectivity index (χ4v) is 2.17. The Morgan fingerprint density at radius 3 is 2.35 bits per heavy atom. The largest absolute Gasteiger partial charge is 0.456 e. The number of nitrogen functional groups attached to an aromatic ring is 2. The molecule has 1 aromatic carbocycles. The normalized spacial score (nSPS) is 10.5. The van der Waals surface area contributed by atoms with Crippen molar-refractivity contribution in [2.24, 2.45) is 0 Å². The molecule has 4 N–H and O–H groups in total. The number of esters is 1. The number of carbonyl (C=O) groups is 1. The fourth-order valence-electron chi connectivity index (χ4n) is 1.45. The van der Waals surface area contributed by atoms with Crippen LogP contribution in [0.5, 0.6) is 0 Å². The molecular formula is C16H19BrClN3O2. The van der Waals surface area contributed by atoms with E-state index in [1.54, 1.807) is 20.8 Å². The zero-order valence-electron chi connectivity index (χ0n) is 13.1. The summed E-state index contributed by atoms with van der Waals surface area (Å²) in [5.74, 6) is -0.215. The monoisotopic (exact) mass is 399 g/mol. The molecule has 0 radical (unpaired) electrons. The Morgan fingerprint density at radius 1 is 1.26 bits per heavy atom. The van der Waals surface area contributed by atoms with Crippen LogP contribution in [0.25, 0.3) is 0 Å². The maximum absolute atomic E-state index is 11.6. The number of pyridine rings is 1. The predicted octanol–water partition coefficient (Wildman–Crippen LogP) is 4.30. The number of anilines is 2. The summed E-state index contributed by atoms with van der Waals surface area (Å²) in [5, 5.41) is 0.763. The number of rotatable bonds is 1. The van der Waals surface area contributed by atoms with E-state index >= 15 is 0 Å². The number of benzene rings is 1. The minimum absolute atomic E-state index is 0.235. The molecule has 23 heavy (non-hydrogen) atoms. The van der Waals surface area contributed by atoms with Crippen molar-refractivity contribution in [1.29, 1.82) is 0 Å². The molecule has 5 nitrogen and oxygen atoms in total. The molecule has 1 heterocycles. The Balaban J connectivity index is 0.000000277. The van der Waals surface area contributed by atoms with E-state index in [1.165, 1.54) is 12.3 Å². The summed E-state index contributed by atoms with van der Waals surface area (Å²) >= 11 is 8.89. The Morgan fingerprint density at radius 2 is 1.91 bits per heavy atom. The highest BCUT2D eigenvalue weighted by atomic mass is 79.9. The van der Waals surface area contributed by atoms with Crippen LogP contribution in [0.2, 0.25) is 5.02 Å². The molecule has 2 aromatic rings. The maximum Gasteiger partial charge on any atom is 0.342 e. The van der Waals surface area contributed by atoms with E-state index in [9.17, 15) is 4.79 Å². The zero-order chi connectivity index (χ0) is 17.6. The van der Waals surface area contributed by atoms with Gasteiger partial charge in [0.2, 0.25) is 0 Å². The molecule has 0 saturated heterocycles. The molecule has 0 aliphatic heterocycles. The molecule has 0 spiro atoms. The van der Waals surface area contributed by atoms with Crippen LogP contribution in [0, 0.1) is 0 Å². The first-order chi connectivity index (χ1) is 10.6. The van der Waals surface area contributed by atoms with Crippen molar-refractivity contribution in [3.63, 3.8) is 0 Å². The Labute approximate surface area is 149 Å². The van der Waals surface area contributed by atoms with Crippen molar-refractivity contribution in [3.05, 3.63) is 51.6 Å². The minimum Gasteiger partial charge on any atom is -0.456 e. The first-order valence-corrected chi connectivity index (χ1v) is 7.91. The molecule has 0 saturated carbocycles. The van der Waals surface area contributed by atoms with E-state index in [2.05, 4.69) is 20.9 Å². The SMILES string of the molecule is CC(C)(C)OC(=O)c1cnc(N)cc1N.Clc1cccc(Br)c1. The van der Waals surface area contributed by atoms with Gasteiger partial charge in [-0.05, 0) is 39.0 Å². The van der Waals surface area contributed by atoms with Gasteiger partial charge in [0, 0.05) is 21.8 Å². The minimum atomic E-state index is -0.551. The molecule has 2 rings (SSSR count). The van der Waals surface area contributed by atoms with Crippen LogP contribution in [0.1, 0.15) is 31.1 Å². The highest BCUT2D eigenvalue weighted by Gasteiger charge is 2.19. The van der Waals surface area contributed by atoms with Gasteiger partial charge in [0.1, 0.15) is 17.0 Å². The lowest BCUT2D eigenvalue weighted by molar-refractivity contribution is 0.00704. The second kappa shape index (κ2) is 8.17. The quantitative estimate of drug-likeness (QED) is 0.696. The third-order valence-electron chi connectivity index (χ3n) is 2.36. The number of ether oxygens (including phenoxy) is 1. The first-order valence-electron chi connectivity index (χ1n) is 6.74. The molecule has 0 atom stereocenters. The van der Waals surface area contributed by atoms with Gasteiger partial charge in [0.25, 0.3) is 0 Å². The molecule has 7 heteroatoms. The van der Waals surface area contributed by atoms with Crippen LogP contribution in [0.15, 0.2) is 41.0 Å². The highest BCUT2D eigenvalue weighted by Crippen LogP contribution is 2.17. The third-order valence-corrected chi connectivity index (χ3v) is 3.09. The summed E-state index contributed by atoms with van der Waals surface area (Å²) in [6.45, 7) is 5.35. The van der Waals surface area contributed by atoms with Crippen LogP contribution in [0.3, 0.4) is 0 Å². The lowest BCUT2D eigenvalue weighted by Gasteiger charge is -2.19. The van der Waals surface area contributed by atoms with Gasteiger partial charge < -0.3 is 16.2 Å². The lowest BCUT2D eigenvalue weighted by atomic mass is 10.2. The van der Waals surface area contributed by atoms with E-state index in [4.69, 9.17) is 27.8 Å². The molecule has 0 aliphatic carbocycles. The van der Waals surface area contributed by atoms with Gasteiger partial charge in [-0.15, -0.1) is 0 Å². The molecule has 0 unspecified atom stereocenters. The summed E-state index contributed by atoms with van der Waals surface area (Å²) in [5.41, 5.74) is 11.0. The van der Waals surface area contributed by atoms with Gasteiger partial charge in [0.05, 0.1) is 5.69 Å². The number of aromatic nitrogens is 1. The molecule has 124 valence electrons. The maximum atomic E-state index is 11.6. The first kappa shape index (κ1) is 19.3. The molecule has 0 fully saturated rings. The smallest absolute Gasteiger partial charge is 0.342 e. The van der Waals surface area contributed by atoms with Gasteiger partial charge in [-0.3, -0.25) is 0 Å². The lowest BCUT2D eigenvalue weighted by Crippen LogP contribution is -2.24. The van der Waals surface area contributed by atoms with Crippen LogP contribution < -0.4 is 11.5 Å². The van der Waals surface area contributed by atoms with Crippen LogP contribution in [0.4, 0.5) is 11.5 Å². The van der Waals surface area contributed by atoms with E-state index in [0.29, 0.717) is 0 Å². The summed E-state index contributed by atoms with van der Waals surface area (Å²) in [6.07, 6.45) is 1.32.